The Balaban J connectivity index is 2.35. The molecule has 2 rings (SSSR count). The van der Waals surface area contributed by atoms with Crippen molar-refractivity contribution in [3.63, 3.8) is 0 Å². The van der Waals surface area contributed by atoms with E-state index in [1.807, 2.05) is 0 Å². The minimum atomic E-state index is -3.91. The molecular formula is C11H9ClFN3O3S. The van der Waals surface area contributed by atoms with Crippen molar-refractivity contribution in [2.24, 2.45) is 0 Å². The minimum absolute atomic E-state index is 0.0588. The molecule has 0 amide bonds. The van der Waals surface area contributed by atoms with Gasteiger partial charge in [0, 0.05) is 6.07 Å². The van der Waals surface area contributed by atoms with Crippen LogP contribution in [0.1, 0.15) is 0 Å². The van der Waals surface area contributed by atoms with Gasteiger partial charge in [-0.15, -0.1) is 0 Å². The molecular weight excluding hydrogens is 309 g/mol. The predicted molar refractivity (Wildman–Crippen MR) is 70.8 cm³/mol. The maximum absolute atomic E-state index is 13.0. The molecule has 0 saturated heterocycles. The van der Waals surface area contributed by atoms with Crippen LogP contribution in [0.15, 0.2) is 35.5 Å². The van der Waals surface area contributed by atoms with E-state index in [4.69, 9.17) is 16.3 Å². The zero-order chi connectivity index (χ0) is 14.8. The standard InChI is InChI=1S/C11H9ClFN3O3S/c1-19-10-4-7(13)2-3-9(10)16-20(17,18)8-5-14-11(12)15-6-8/h2-6,16H,1H3. The Kier molecular flexibility index (Phi) is 4.05. The van der Waals surface area contributed by atoms with Gasteiger partial charge in [0.05, 0.1) is 25.2 Å². The highest BCUT2D eigenvalue weighted by Crippen LogP contribution is 2.27. The van der Waals surface area contributed by atoms with Gasteiger partial charge < -0.3 is 4.74 Å². The zero-order valence-electron chi connectivity index (χ0n) is 10.2. The summed E-state index contributed by atoms with van der Waals surface area (Å²) in [4.78, 5) is 7.00. The molecule has 9 heteroatoms. The lowest BCUT2D eigenvalue weighted by Crippen LogP contribution is -2.14. The average Bonchev–Trinajstić information content (AvgIpc) is 2.41. The van der Waals surface area contributed by atoms with E-state index in [1.54, 1.807) is 0 Å². The average molecular weight is 318 g/mol. The van der Waals surface area contributed by atoms with Crippen molar-refractivity contribution in [3.05, 3.63) is 41.7 Å². The second-order valence-electron chi connectivity index (χ2n) is 3.64. The van der Waals surface area contributed by atoms with Gasteiger partial charge in [0.15, 0.2) is 0 Å². The van der Waals surface area contributed by atoms with Crippen LogP contribution in [0.4, 0.5) is 10.1 Å². The fourth-order valence-corrected chi connectivity index (χ4v) is 2.45. The maximum atomic E-state index is 13.0. The van der Waals surface area contributed by atoms with Crippen molar-refractivity contribution in [1.82, 2.24) is 9.97 Å². The Morgan fingerprint density at radius 1 is 1.30 bits per heavy atom. The number of halogens is 2. The third-order valence-electron chi connectivity index (χ3n) is 2.31. The number of sulfonamides is 1. The minimum Gasteiger partial charge on any atom is -0.494 e. The first kappa shape index (κ1) is 14.5. The van der Waals surface area contributed by atoms with Gasteiger partial charge >= 0.3 is 0 Å². The van der Waals surface area contributed by atoms with Crippen LogP contribution >= 0.6 is 11.6 Å². The maximum Gasteiger partial charge on any atom is 0.265 e. The number of ether oxygens (including phenoxy) is 1. The Labute approximate surface area is 119 Å². The number of nitrogens with one attached hydrogen (secondary N) is 1. The summed E-state index contributed by atoms with van der Waals surface area (Å²) < 4.78 is 44.4. The number of hydrogen-bond donors (Lipinski definition) is 1. The summed E-state index contributed by atoms with van der Waals surface area (Å²) in [5.74, 6) is -0.483. The van der Waals surface area contributed by atoms with Gasteiger partial charge in [-0.05, 0) is 23.7 Å². The number of methoxy groups -OCH3 is 1. The molecule has 2 aromatic rings. The first-order chi connectivity index (χ1) is 9.42. The summed E-state index contributed by atoms with van der Waals surface area (Å²) in [7, 11) is -2.61. The summed E-state index contributed by atoms with van der Waals surface area (Å²) in [5.41, 5.74) is 0.101. The first-order valence-electron chi connectivity index (χ1n) is 5.26. The van der Waals surface area contributed by atoms with E-state index < -0.39 is 15.8 Å². The van der Waals surface area contributed by atoms with Gasteiger partial charge in [-0.3, -0.25) is 4.72 Å². The zero-order valence-corrected chi connectivity index (χ0v) is 11.7. The molecule has 0 bridgehead atoms. The number of nitrogens with zero attached hydrogens (tertiary/aromatic N) is 2. The van der Waals surface area contributed by atoms with Gasteiger partial charge in [-0.1, -0.05) is 0 Å². The Morgan fingerprint density at radius 3 is 2.55 bits per heavy atom. The largest absolute Gasteiger partial charge is 0.494 e. The molecule has 0 aliphatic carbocycles. The summed E-state index contributed by atoms with van der Waals surface area (Å²) >= 11 is 5.49. The Hall–Kier alpha value is -1.93. The SMILES string of the molecule is COc1cc(F)ccc1NS(=O)(=O)c1cnc(Cl)nc1. The molecule has 20 heavy (non-hydrogen) atoms. The molecule has 6 nitrogen and oxygen atoms in total. The number of hydrogen-bond acceptors (Lipinski definition) is 5. The van der Waals surface area contributed by atoms with Crippen LogP contribution in [0, 0.1) is 5.82 Å². The number of anilines is 1. The predicted octanol–water partition coefficient (Wildman–Crippen LogP) is 2.08. The second-order valence-corrected chi connectivity index (χ2v) is 5.66. The van der Waals surface area contributed by atoms with E-state index in [0.717, 1.165) is 24.5 Å². The molecule has 1 N–H and O–H groups in total. The van der Waals surface area contributed by atoms with E-state index >= 15 is 0 Å². The molecule has 0 aliphatic heterocycles. The quantitative estimate of drug-likeness (QED) is 0.873. The van der Waals surface area contributed by atoms with Crippen LogP contribution in [0.3, 0.4) is 0 Å². The second kappa shape index (κ2) is 5.59. The highest BCUT2D eigenvalue weighted by Gasteiger charge is 2.17. The lowest BCUT2D eigenvalue weighted by atomic mass is 10.3. The molecule has 0 fully saturated rings. The van der Waals surface area contributed by atoms with Crippen molar-refractivity contribution in [3.8, 4) is 5.75 Å². The van der Waals surface area contributed by atoms with Gasteiger partial charge in [-0.2, -0.15) is 0 Å². The van der Waals surface area contributed by atoms with Gasteiger partial charge in [-0.25, -0.2) is 22.8 Å². The highest BCUT2D eigenvalue weighted by molar-refractivity contribution is 7.92. The number of aromatic nitrogens is 2. The van der Waals surface area contributed by atoms with Gasteiger partial charge in [0.2, 0.25) is 5.28 Å². The summed E-state index contributed by atoms with van der Waals surface area (Å²) in [6.07, 6.45) is 2.13. The summed E-state index contributed by atoms with van der Waals surface area (Å²) in [6, 6.07) is 3.43. The van der Waals surface area contributed by atoms with Crippen LogP contribution in [-0.2, 0) is 10.0 Å². The lowest BCUT2D eigenvalue weighted by Gasteiger charge is -2.11. The van der Waals surface area contributed by atoms with E-state index in [-0.39, 0.29) is 21.6 Å². The topological polar surface area (TPSA) is 81.2 Å². The molecule has 0 radical (unpaired) electrons. The van der Waals surface area contributed by atoms with Crippen molar-refractivity contribution in [2.45, 2.75) is 4.90 Å². The van der Waals surface area contributed by atoms with Crippen molar-refractivity contribution in [1.29, 1.82) is 0 Å². The molecule has 0 unspecified atom stereocenters. The Bertz CT molecular complexity index is 722. The van der Waals surface area contributed by atoms with E-state index in [0.29, 0.717) is 0 Å². The summed E-state index contributed by atoms with van der Waals surface area (Å²) in [6.45, 7) is 0. The third kappa shape index (κ3) is 3.14. The monoisotopic (exact) mass is 317 g/mol. The smallest absolute Gasteiger partial charge is 0.265 e. The lowest BCUT2D eigenvalue weighted by molar-refractivity contribution is 0.413. The molecule has 1 heterocycles. The van der Waals surface area contributed by atoms with E-state index in [1.165, 1.54) is 13.2 Å². The molecule has 106 valence electrons. The molecule has 0 spiro atoms. The van der Waals surface area contributed by atoms with Crippen molar-refractivity contribution in [2.75, 3.05) is 11.8 Å². The van der Waals surface area contributed by atoms with E-state index in [9.17, 15) is 12.8 Å². The fourth-order valence-electron chi connectivity index (χ4n) is 1.39. The van der Waals surface area contributed by atoms with Crippen LogP contribution < -0.4 is 9.46 Å². The third-order valence-corrected chi connectivity index (χ3v) is 3.83. The number of rotatable bonds is 4. The first-order valence-corrected chi connectivity index (χ1v) is 7.12. The van der Waals surface area contributed by atoms with Crippen molar-refractivity contribution >= 4 is 27.3 Å². The van der Waals surface area contributed by atoms with Crippen LogP contribution in [-0.4, -0.2) is 25.5 Å². The number of benzene rings is 1. The molecule has 1 aromatic carbocycles. The molecule has 0 aliphatic rings. The molecule has 1 aromatic heterocycles. The van der Waals surface area contributed by atoms with E-state index in [2.05, 4.69) is 14.7 Å². The van der Waals surface area contributed by atoms with Crippen LogP contribution in [0.2, 0.25) is 5.28 Å². The van der Waals surface area contributed by atoms with Gasteiger partial charge in [0.25, 0.3) is 10.0 Å². The molecule has 0 saturated carbocycles. The highest BCUT2D eigenvalue weighted by atomic mass is 35.5. The van der Waals surface area contributed by atoms with Gasteiger partial charge in [0.1, 0.15) is 16.5 Å². The van der Waals surface area contributed by atoms with Crippen LogP contribution in [0.5, 0.6) is 5.75 Å². The van der Waals surface area contributed by atoms with Crippen molar-refractivity contribution < 1.29 is 17.5 Å². The Morgan fingerprint density at radius 2 is 1.95 bits per heavy atom. The normalized spacial score (nSPS) is 11.2. The van der Waals surface area contributed by atoms with Crippen LogP contribution in [0.25, 0.3) is 0 Å². The summed E-state index contributed by atoms with van der Waals surface area (Å²) in [5, 5.41) is -0.0664. The fraction of sp³-hybridized carbons (Fsp3) is 0.0909. The molecule has 0 atom stereocenters.